The van der Waals surface area contributed by atoms with Gasteiger partial charge in [0.25, 0.3) is 5.69 Å². The monoisotopic (exact) mass is 353 g/mol. The molecule has 0 spiro atoms. The molecule has 2 aromatic rings. The molecule has 1 heterocycles. The number of nitrogens with zero attached hydrogens (tertiary/aromatic N) is 2. The highest BCUT2D eigenvalue weighted by molar-refractivity contribution is 6.03. The second-order valence-electron chi connectivity index (χ2n) is 5.79. The minimum Gasteiger partial charge on any atom is -0.378 e. The van der Waals surface area contributed by atoms with Crippen LogP contribution in [0, 0.1) is 10.1 Å². The molecule has 1 aliphatic rings. The van der Waals surface area contributed by atoms with Crippen molar-refractivity contribution in [1.82, 2.24) is 0 Å². The lowest BCUT2D eigenvalue weighted by molar-refractivity contribution is -0.384. The summed E-state index contributed by atoms with van der Waals surface area (Å²) in [4.78, 5) is 24.6. The molecule has 7 nitrogen and oxygen atoms in total. The van der Waals surface area contributed by atoms with Gasteiger partial charge < -0.3 is 15.0 Å². The molecule has 1 saturated heterocycles. The van der Waals surface area contributed by atoms with Gasteiger partial charge >= 0.3 is 0 Å². The number of carbonyl (C=O) groups is 1. The minimum absolute atomic E-state index is 0.0195. The third kappa shape index (κ3) is 4.46. The lowest BCUT2D eigenvalue weighted by Gasteiger charge is -2.30. The van der Waals surface area contributed by atoms with Crippen molar-refractivity contribution in [3.05, 3.63) is 70.3 Å². The Hall–Kier alpha value is -3.19. The number of nitro benzene ring substituents is 1. The zero-order chi connectivity index (χ0) is 18.4. The van der Waals surface area contributed by atoms with Crippen LogP contribution in [0.1, 0.15) is 5.56 Å². The smallest absolute Gasteiger partial charge is 0.269 e. The summed E-state index contributed by atoms with van der Waals surface area (Å²) in [6, 6.07) is 13.7. The Kier molecular flexibility index (Phi) is 5.60. The fourth-order valence-electron chi connectivity index (χ4n) is 2.71. The van der Waals surface area contributed by atoms with Gasteiger partial charge in [-0.25, -0.2) is 0 Å². The van der Waals surface area contributed by atoms with Gasteiger partial charge in [0.05, 0.1) is 29.5 Å². The van der Waals surface area contributed by atoms with Crippen LogP contribution < -0.4 is 10.2 Å². The summed E-state index contributed by atoms with van der Waals surface area (Å²) in [5.74, 6) is -0.260. The number of amides is 1. The molecular weight excluding hydrogens is 334 g/mol. The van der Waals surface area contributed by atoms with Crippen LogP contribution in [0.2, 0.25) is 0 Å². The Morgan fingerprint density at radius 1 is 1.12 bits per heavy atom. The van der Waals surface area contributed by atoms with Crippen molar-refractivity contribution in [3.63, 3.8) is 0 Å². The lowest BCUT2D eigenvalue weighted by Crippen LogP contribution is -2.36. The average Bonchev–Trinajstić information content (AvgIpc) is 2.68. The van der Waals surface area contributed by atoms with E-state index >= 15 is 0 Å². The Bertz CT molecular complexity index is 812. The van der Waals surface area contributed by atoms with Gasteiger partial charge in [0.2, 0.25) is 5.91 Å². The standard InChI is InChI=1S/C19H19N3O4/c23-19(10-7-15-5-8-16(9-6-15)22(24)25)20-17-3-1-2-4-18(17)21-11-13-26-14-12-21/h1-10H,11-14H2,(H,20,23)/b10-7+. The number of hydrogen-bond donors (Lipinski definition) is 1. The van der Waals surface area contributed by atoms with Gasteiger partial charge in [0.15, 0.2) is 0 Å². The molecule has 0 aliphatic carbocycles. The molecule has 3 rings (SSSR count). The van der Waals surface area contributed by atoms with Crippen molar-refractivity contribution in [2.45, 2.75) is 0 Å². The van der Waals surface area contributed by atoms with Crippen molar-refractivity contribution in [1.29, 1.82) is 0 Å². The number of benzene rings is 2. The van der Waals surface area contributed by atoms with Gasteiger partial charge in [-0.3, -0.25) is 14.9 Å². The van der Waals surface area contributed by atoms with Crippen molar-refractivity contribution < 1.29 is 14.5 Å². The summed E-state index contributed by atoms with van der Waals surface area (Å²) in [6.07, 6.45) is 3.04. The second kappa shape index (κ2) is 8.26. The third-order valence-corrected chi connectivity index (χ3v) is 4.04. The van der Waals surface area contributed by atoms with Crippen LogP contribution in [0.3, 0.4) is 0 Å². The number of hydrogen-bond acceptors (Lipinski definition) is 5. The molecule has 0 unspecified atom stereocenters. The van der Waals surface area contributed by atoms with Gasteiger partial charge in [-0.2, -0.15) is 0 Å². The zero-order valence-electron chi connectivity index (χ0n) is 14.1. The van der Waals surface area contributed by atoms with Crippen LogP contribution in [0.4, 0.5) is 17.1 Å². The van der Waals surface area contributed by atoms with Gasteiger partial charge in [0.1, 0.15) is 0 Å². The van der Waals surface area contributed by atoms with Crippen LogP contribution in [0.25, 0.3) is 6.08 Å². The van der Waals surface area contributed by atoms with Gasteiger partial charge in [-0.1, -0.05) is 12.1 Å². The van der Waals surface area contributed by atoms with Gasteiger partial charge in [0, 0.05) is 31.3 Å². The van der Waals surface area contributed by atoms with Crippen molar-refractivity contribution in [2.75, 3.05) is 36.5 Å². The first kappa shape index (κ1) is 17.6. The third-order valence-electron chi connectivity index (χ3n) is 4.04. The molecular formula is C19H19N3O4. The van der Waals surface area contributed by atoms with E-state index < -0.39 is 4.92 Å². The summed E-state index contributed by atoms with van der Waals surface area (Å²) in [7, 11) is 0. The molecule has 7 heteroatoms. The summed E-state index contributed by atoms with van der Waals surface area (Å²) in [5, 5.41) is 13.5. The largest absolute Gasteiger partial charge is 0.378 e. The van der Waals surface area contributed by atoms with Crippen LogP contribution in [-0.4, -0.2) is 37.1 Å². The first-order valence-corrected chi connectivity index (χ1v) is 8.29. The fraction of sp³-hybridized carbons (Fsp3) is 0.211. The maximum Gasteiger partial charge on any atom is 0.269 e. The molecule has 2 aromatic carbocycles. The summed E-state index contributed by atoms with van der Waals surface area (Å²) in [5.41, 5.74) is 2.44. The maximum atomic E-state index is 12.2. The normalized spacial score (nSPS) is 14.4. The fourth-order valence-corrected chi connectivity index (χ4v) is 2.71. The van der Waals surface area contributed by atoms with E-state index in [2.05, 4.69) is 10.2 Å². The predicted molar refractivity (Wildman–Crippen MR) is 100 cm³/mol. The second-order valence-corrected chi connectivity index (χ2v) is 5.79. The molecule has 1 amide bonds. The summed E-state index contributed by atoms with van der Waals surface area (Å²) >= 11 is 0. The van der Waals surface area contributed by atoms with Crippen LogP contribution in [0.15, 0.2) is 54.6 Å². The quantitative estimate of drug-likeness (QED) is 0.507. The first-order chi connectivity index (χ1) is 12.6. The van der Waals surface area contributed by atoms with E-state index in [9.17, 15) is 14.9 Å². The Balaban J connectivity index is 1.67. The molecule has 0 aromatic heterocycles. The molecule has 1 fully saturated rings. The number of non-ortho nitro benzene ring substituents is 1. The Morgan fingerprint density at radius 2 is 1.81 bits per heavy atom. The van der Waals surface area contributed by atoms with E-state index in [1.807, 2.05) is 24.3 Å². The number of morpholine rings is 1. The number of para-hydroxylation sites is 2. The number of carbonyl (C=O) groups excluding carboxylic acids is 1. The van der Waals surface area contributed by atoms with Gasteiger partial charge in [-0.15, -0.1) is 0 Å². The maximum absolute atomic E-state index is 12.2. The molecule has 26 heavy (non-hydrogen) atoms. The van der Waals surface area contributed by atoms with Crippen LogP contribution in [-0.2, 0) is 9.53 Å². The van der Waals surface area contributed by atoms with Crippen LogP contribution >= 0.6 is 0 Å². The number of rotatable bonds is 5. The molecule has 0 atom stereocenters. The predicted octanol–water partition coefficient (Wildman–Crippen LogP) is 3.08. The number of nitro groups is 1. The molecule has 134 valence electrons. The lowest BCUT2D eigenvalue weighted by atomic mass is 10.2. The van der Waals surface area contributed by atoms with E-state index in [1.54, 1.807) is 18.2 Å². The molecule has 0 bridgehead atoms. The van der Waals surface area contributed by atoms with Crippen molar-refractivity contribution in [2.24, 2.45) is 0 Å². The van der Waals surface area contributed by atoms with E-state index in [0.29, 0.717) is 18.8 Å². The topological polar surface area (TPSA) is 84.7 Å². The minimum atomic E-state index is -0.456. The van der Waals surface area contributed by atoms with E-state index in [-0.39, 0.29) is 11.6 Å². The van der Waals surface area contributed by atoms with Crippen LogP contribution in [0.5, 0.6) is 0 Å². The average molecular weight is 353 g/mol. The highest BCUT2D eigenvalue weighted by atomic mass is 16.6. The number of nitrogens with one attached hydrogen (secondary N) is 1. The zero-order valence-corrected chi connectivity index (χ0v) is 14.1. The molecule has 1 aliphatic heterocycles. The highest BCUT2D eigenvalue weighted by Gasteiger charge is 2.15. The van der Waals surface area contributed by atoms with Crippen molar-refractivity contribution >= 4 is 29.0 Å². The molecule has 0 saturated carbocycles. The first-order valence-electron chi connectivity index (χ1n) is 8.29. The summed E-state index contributed by atoms with van der Waals surface area (Å²) < 4.78 is 5.37. The van der Waals surface area contributed by atoms with E-state index in [0.717, 1.165) is 24.5 Å². The number of ether oxygens (including phenoxy) is 1. The highest BCUT2D eigenvalue weighted by Crippen LogP contribution is 2.26. The Labute approximate surface area is 151 Å². The SMILES string of the molecule is O=C(/C=C/c1ccc([N+](=O)[O-])cc1)Nc1ccccc1N1CCOCC1. The van der Waals surface area contributed by atoms with Crippen molar-refractivity contribution in [3.8, 4) is 0 Å². The van der Waals surface area contributed by atoms with E-state index in [4.69, 9.17) is 4.74 Å². The number of anilines is 2. The van der Waals surface area contributed by atoms with E-state index in [1.165, 1.54) is 18.2 Å². The molecule has 0 radical (unpaired) electrons. The summed E-state index contributed by atoms with van der Waals surface area (Å²) in [6.45, 7) is 2.90. The molecule has 1 N–H and O–H groups in total. The van der Waals surface area contributed by atoms with Gasteiger partial charge in [-0.05, 0) is 35.9 Å². The Morgan fingerprint density at radius 3 is 2.50 bits per heavy atom.